The molecule has 22 heavy (non-hydrogen) atoms. The number of carbonyl (C=O) groups excluding carboxylic acids is 1. The lowest BCUT2D eigenvalue weighted by Gasteiger charge is -2.12. The summed E-state index contributed by atoms with van der Waals surface area (Å²) in [6.07, 6.45) is 1.60. The normalized spacial score (nSPS) is 9.91. The Kier molecular flexibility index (Phi) is 6.16. The molecule has 1 amide bonds. The van der Waals surface area contributed by atoms with Crippen LogP contribution in [0.3, 0.4) is 0 Å². The molecule has 0 saturated heterocycles. The highest BCUT2D eigenvalue weighted by atomic mass is 16.1. The van der Waals surface area contributed by atoms with Crippen LogP contribution in [0, 0.1) is 11.8 Å². The number of nitrogens with one attached hydrogen (secondary N) is 1. The second kappa shape index (κ2) is 8.60. The average Bonchev–Trinajstić information content (AvgIpc) is 2.56. The molecule has 1 aromatic heterocycles. The number of hydrogen-bond donors (Lipinski definition) is 1. The predicted octanol–water partition coefficient (Wildman–Crippen LogP) is 1.95. The number of rotatable bonds is 5. The number of pyridine rings is 1. The molecule has 112 valence electrons. The highest BCUT2D eigenvalue weighted by molar-refractivity contribution is 5.92. The fourth-order valence-electron chi connectivity index (χ4n) is 1.92. The maximum absolute atomic E-state index is 11.7. The van der Waals surface area contributed by atoms with Gasteiger partial charge in [0.1, 0.15) is 5.69 Å². The minimum atomic E-state index is -0.201. The second-order valence-corrected chi connectivity index (χ2v) is 4.91. The molecule has 2 rings (SSSR count). The van der Waals surface area contributed by atoms with Gasteiger partial charge in [-0.25, -0.2) is 0 Å². The van der Waals surface area contributed by atoms with Crippen molar-refractivity contribution in [1.29, 1.82) is 0 Å². The van der Waals surface area contributed by atoms with E-state index in [4.69, 9.17) is 0 Å². The van der Waals surface area contributed by atoms with Crippen molar-refractivity contribution < 1.29 is 4.79 Å². The van der Waals surface area contributed by atoms with Gasteiger partial charge in [0.2, 0.25) is 0 Å². The molecule has 4 nitrogen and oxygen atoms in total. The number of aromatic nitrogens is 1. The van der Waals surface area contributed by atoms with Crippen molar-refractivity contribution in [2.75, 3.05) is 20.1 Å². The van der Waals surface area contributed by atoms with Crippen molar-refractivity contribution in [2.45, 2.75) is 6.54 Å². The summed E-state index contributed by atoms with van der Waals surface area (Å²) < 4.78 is 0. The van der Waals surface area contributed by atoms with E-state index in [0.717, 1.165) is 6.54 Å². The lowest BCUT2D eigenvalue weighted by Crippen LogP contribution is -2.24. The number of nitrogens with zero attached hydrogens (tertiary/aromatic N) is 2. The molecule has 0 unspecified atom stereocenters. The molecule has 0 fully saturated rings. The summed E-state index contributed by atoms with van der Waals surface area (Å²) in [6.45, 7) is 1.85. The van der Waals surface area contributed by atoms with E-state index < -0.39 is 0 Å². The highest BCUT2D eigenvalue weighted by Crippen LogP contribution is 2.01. The van der Waals surface area contributed by atoms with Gasteiger partial charge < -0.3 is 5.32 Å². The average molecular weight is 293 g/mol. The predicted molar refractivity (Wildman–Crippen MR) is 87.1 cm³/mol. The molecule has 0 atom stereocenters. The number of benzene rings is 1. The molecule has 0 aliphatic rings. The zero-order chi connectivity index (χ0) is 15.6. The van der Waals surface area contributed by atoms with E-state index in [1.165, 1.54) is 5.56 Å². The third-order valence-electron chi connectivity index (χ3n) is 3.00. The lowest BCUT2D eigenvalue weighted by atomic mass is 10.2. The number of carbonyl (C=O) groups is 1. The molecule has 4 heteroatoms. The van der Waals surface area contributed by atoms with Gasteiger partial charge in [0.15, 0.2) is 0 Å². The fourth-order valence-corrected chi connectivity index (χ4v) is 1.92. The van der Waals surface area contributed by atoms with Crippen molar-refractivity contribution >= 4 is 5.91 Å². The molecular formula is C18H19N3O. The van der Waals surface area contributed by atoms with Crippen LogP contribution in [0.2, 0.25) is 0 Å². The Labute approximate surface area is 131 Å². The Morgan fingerprint density at radius 1 is 1.14 bits per heavy atom. The van der Waals surface area contributed by atoms with Gasteiger partial charge in [-0.15, -0.1) is 0 Å². The zero-order valence-corrected chi connectivity index (χ0v) is 12.6. The summed E-state index contributed by atoms with van der Waals surface area (Å²) in [4.78, 5) is 17.8. The minimum Gasteiger partial charge on any atom is -0.340 e. The Morgan fingerprint density at radius 3 is 2.64 bits per heavy atom. The van der Waals surface area contributed by atoms with Crippen molar-refractivity contribution in [3.05, 3.63) is 66.0 Å². The monoisotopic (exact) mass is 293 g/mol. The number of amides is 1. The zero-order valence-electron chi connectivity index (χ0n) is 12.6. The van der Waals surface area contributed by atoms with E-state index in [1.54, 1.807) is 24.4 Å². The van der Waals surface area contributed by atoms with Crippen LogP contribution in [-0.4, -0.2) is 35.9 Å². The highest BCUT2D eigenvalue weighted by Gasteiger charge is 2.03. The first-order valence-electron chi connectivity index (χ1n) is 7.13. The maximum Gasteiger partial charge on any atom is 0.270 e. The minimum absolute atomic E-state index is 0.201. The maximum atomic E-state index is 11.7. The second-order valence-electron chi connectivity index (χ2n) is 4.91. The van der Waals surface area contributed by atoms with E-state index in [0.29, 0.717) is 18.8 Å². The molecule has 0 bridgehead atoms. The van der Waals surface area contributed by atoms with Gasteiger partial charge in [0.25, 0.3) is 5.91 Å². The first-order valence-corrected chi connectivity index (χ1v) is 7.13. The van der Waals surface area contributed by atoms with Gasteiger partial charge >= 0.3 is 0 Å². The molecule has 1 heterocycles. The first kappa shape index (κ1) is 15.7. The standard InChI is InChI=1S/C18H19N3O/c1-21(15-16-9-3-2-4-10-16)14-8-7-13-20-18(22)17-11-5-6-12-19-17/h2-6,9-12H,13-15H2,1H3,(H,20,22). The summed E-state index contributed by atoms with van der Waals surface area (Å²) in [5.41, 5.74) is 1.67. The number of hydrogen-bond acceptors (Lipinski definition) is 3. The first-order chi connectivity index (χ1) is 10.8. The Morgan fingerprint density at radius 2 is 1.91 bits per heavy atom. The third kappa shape index (κ3) is 5.39. The Hall–Kier alpha value is -2.64. The Bertz CT molecular complexity index is 644. The van der Waals surface area contributed by atoms with E-state index in [9.17, 15) is 4.79 Å². The van der Waals surface area contributed by atoms with Crippen LogP contribution >= 0.6 is 0 Å². The summed E-state index contributed by atoms with van der Waals surface area (Å²) in [5.74, 6) is 5.80. The molecule has 0 aliphatic heterocycles. The van der Waals surface area contributed by atoms with Crippen LogP contribution in [0.15, 0.2) is 54.7 Å². The van der Waals surface area contributed by atoms with Crippen molar-refractivity contribution in [2.24, 2.45) is 0 Å². The van der Waals surface area contributed by atoms with Crippen LogP contribution in [0.25, 0.3) is 0 Å². The van der Waals surface area contributed by atoms with Gasteiger partial charge in [-0.05, 0) is 24.7 Å². The SMILES string of the molecule is CN(CC#CCNC(=O)c1ccccn1)Cc1ccccc1. The molecule has 2 aromatic rings. The van der Waals surface area contributed by atoms with Crippen molar-refractivity contribution in [3.8, 4) is 11.8 Å². The van der Waals surface area contributed by atoms with Gasteiger partial charge in [0, 0.05) is 12.7 Å². The molecule has 0 spiro atoms. The fraction of sp³-hybridized carbons (Fsp3) is 0.222. The van der Waals surface area contributed by atoms with Crippen LogP contribution in [0.1, 0.15) is 16.1 Å². The lowest BCUT2D eigenvalue weighted by molar-refractivity contribution is 0.0954. The third-order valence-corrected chi connectivity index (χ3v) is 3.00. The Balaban J connectivity index is 1.70. The molecule has 1 aromatic carbocycles. The van der Waals surface area contributed by atoms with Crippen LogP contribution in [0.5, 0.6) is 0 Å². The quantitative estimate of drug-likeness (QED) is 0.857. The van der Waals surface area contributed by atoms with Crippen molar-refractivity contribution in [1.82, 2.24) is 15.2 Å². The summed E-state index contributed by atoms with van der Waals surface area (Å²) in [5, 5.41) is 2.73. The smallest absolute Gasteiger partial charge is 0.270 e. The van der Waals surface area contributed by atoms with E-state index in [1.807, 2.05) is 25.2 Å². The van der Waals surface area contributed by atoms with Gasteiger partial charge in [-0.1, -0.05) is 48.2 Å². The van der Waals surface area contributed by atoms with Crippen LogP contribution < -0.4 is 5.32 Å². The van der Waals surface area contributed by atoms with E-state index in [2.05, 4.69) is 39.2 Å². The molecule has 0 saturated carbocycles. The largest absolute Gasteiger partial charge is 0.340 e. The van der Waals surface area contributed by atoms with Crippen LogP contribution in [-0.2, 0) is 6.54 Å². The molecule has 1 N–H and O–H groups in total. The van der Waals surface area contributed by atoms with Gasteiger partial charge in [-0.3, -0.25) is 14.7 Å². The topological polar surface area (TPSA) is 45.2 Å². The summed E-state index contributed by atoms with van der Waals surface area (Å²) in [6, 6.07) is 15.5. The van der Waals surface area contributed by atoms with Gasteiger partial charge in [0.05, 0.1) is 13.1 Å². The van der Waals surface area contributed by atoms with Crippen LogP contribution in [0.4, 0.5) is 0 Å². The summed E-state index contributed by atoms with van der Waals surface area (Å²) in [7, 11) is 2.02. The van der Waals surface area contributed by atoms with E-state index in [-0.39, 0.29) is 5.91 Å². The molecule has 0 aliphatic carbocycles. The summed E-state index contributed by atoms with van der Waals surface area (Å²) >= 11 is 0. The van der Waals surface area contributed by atoms with Crippen molar-refractivity contribution in [3.63, 3.8) is 0 Å². The molecular weight excluding hydrogens is 274 g/mol. The molecule has 0 radical (unpaired) electrons. The van der Waals surface area contributed by atoms with E-state index >= 15 is 0 Å². The van der Waals surface area contributed by atoms with Gasteiger partial charge in [-0.2, -0.15) is 0 Å².